The lowest BCUT2D eigenvalue weighted by Gasteiger charge is -2.31. The van der Waals surface area contributed by atoms with Crippen LogP contribution < -0.4 is 4.90 Å². The Bertz CT molecular complexity index is 653. The number of hydrogen-bond acceptors (Lipinski definition) is 1. The van der Waals surface area contributed by atoms with Crippen molar-refractivity contribution in [1.82, 2.24) is 0 Å². The van der Waals surface area contributed by atoms with Gasteiger partial charge in [0.1, 0.15) is 0 Å². The van der Waals surface area contributed by atoms with Crippen LogP contribution in [-0.2, 0) is 4.79 Å². The first-order chi connectivity index (χ1) is 9.80. The summed E-state index contributed by atoms with van der Waals surface area (Å²) in [5.74, 6) is 0.0994. The van der Waals surface area contributed by atoms with Crippen LogP contribution in [0.1, 0.15) is 31.9 Å². The third kappa shape index (κ3) is 3.33. The Kier molecular flexibility index (Phi) is 4.17. The second-order valence-electron chi connectivity index (χ2n) is 6.52. The average molecular weight is 281 g/mol. The van der Waals surface area contributed by atoms with Crippen LogP contribution in [0, 0.1) is 19.3 Å². The van der Waals surface area contributed by atoms with Crippen LogP contribution in [-0.4, -0.2) is 5.91 Å². The van der Waals surface area contributed by atoms with E-state index in [4.69, 9.17) is 0 Å². The third-order valence-corrected chi connectivity index (χ3v) is 3.46. The summed E-state index contributed by atoms with van der Waals surface area (Å²) >= 11 is 0. The molecule has 0 heterocycles. The van der Waals surface area contributed by atoms with E-state index < -0.39 is 5.41 Å². The molecule has 0 unspecified atom stereocenters. The predicted octanol–water partition coefficient (Wildman–Crippen LogP) is 5.01. The number of rotatable bonds is 2. The quantitative estimate of drug-likeness (QED) is 0.757. The molecule has 2 nitrogen and oxygen atoms in total. The van der Waals surface area contributed by atoms with E-state index in [0.717, 1.165) is 22.5 Å². The summed E-state index contributed by atoms with van der Waals surface area (Å²) in [6.07, 6.45) is 0. The molecule has 0 N–H and O–H groups in total. The Hall–Kier alpha value is -2.09. The Balaban J connectivity index is 2.61. The van der Waals surface area contributed by atoms with Crippen LogP contribution in [0.2, 0.25) is 0 Å². The number of carbonyl (C=O) groups excluding carboxylic acids is 1. The van der Waals surface area contributed by atoms with Gasteiger partial charge in [-0.05, 0) is 43.2 Å². The highest BCUT2D eigenvalue weighted by molar-refractivity contribution is 6.03. The highest BCUT2D eigenvalue weighted by Crippen LogP contribution is 2.33. The molecule has 0 aliphatic heterocycles. The van der Waals surface area contributed by atoms with Crippen molar-refractivity contribution in [3.05, 3.63) is 59.7 Å². The van der Waals surface area contributed by atoms with Crippen LogP contribution in [0.15, 0.2) is 48.5 Å². The van der Waals surface area contributed by atoms with Crippen LogP contribution >= 0.6 is 0 Å². The molecule has 0 bridgehead atoms. The Morgan fingerprint density at radius 3 is 2.19 bits per heavy atom. The fourth-order valence-electron chi connectivity index (χ4n) is 2.28. The SMILES string of the molecule is Cc1cccc(N(C(=O)C(C)(C)C)c2ccccc2C)c1. The summed E-state index contributed by atoms with van der Waals surface area (Å²) in [7, 11) is 0. The van der Waals surface area contributed by atoms with Crippen LogP contribution in [0.25, 0.3) is 0 Å². The van der Waals surface area contributed by atoms with E-state index >= 15 is 0 Å². The molecule has 21 heavy (non-hydrogen) atoms. The van der Waals surface area contributed by atoms with E-state index in [1.807, 2.05) is 82.0 Å². The van der Waals surface area contributed by atoms with Crippen LogP contribution in [0.5, 0.6) is 0 Å². The van der Waals surface area contributed by atoms with Crippen LogP contribution in [0.3, 0.4) is 0 Å². The largest absolute Gasteiger partial charge is 0.280 e. The number of carbonyl (C=O) groups is 1. The number of para-hydroxylation sites is 1. The zero-order valence-electron chi connectivity index (χ0n) is 13.5. The van der Waals surface area contributed by atoms with Gasteiger partial charge in [-0.3, -0.25) is 9.69 Å². The number of hydrogen-bond donors (Lipinski definition) is 0. The molecule has 110 valence electrons. The average Bonchev–Trinajstić information content (AvgIpc) is 2.40. The lowest BCUT2D eigenvalue weighted by atomic mass is 9.93. The smallest absolute Gasteiger partial charge is 0.236 e. The zero-order chi connectivity index (χ0) is 15.6. The maximum atomic E-state index is 13.0. The summed E-state index contributed by atoms with van der Waals surface area (Å²) in [4.78, 5) is 14.8. The van der Waals surface area contributed by atoms with Crippen molar-refractivity contribution in [2.24, 2.45) is 5.41 Å². The van der Waals surface area contributed by atoms with E-state index in [0.29, 0.717) is 0 Å². The standard InChI is InChI=1S/C19H23NO/c1-14-9-8-11-16(13-14)20(18(21)19(3,4)5)17-12-7-6-10-15(17)2/h6-13H,1-5H3. The highest BCUT2D eigenvalue weighted by atomic mass is 16.2. The minimum absolute atomic E-state index is 0.0994. The van der Waals surface area contributed by atoms with E-state index in [1.54, 1.807) is 0 Å². The van der Waals surface area contributed by atoms with Gasteiger partial charge in [0.2, 0.25) is 5.91 Å². The normalized spacial score (nSPS) is 11.3. The second-order valence-corrected chi connectivity index (χ2v) is 6.52. The summed E-state index contributed by atoms with van der Waals surface area (Å²) in [5, 5.41) is 0. The van der Waals surface area contributed by atoms with Crippen molar-refractivity contribution in [2.75, 3.05) is 4.90 Å². The predicted molar refractivity (Wildman–Crippen MR) is 89.0 cm³/mol. The molecule has 2 rings (SSSR count). The Morgan fingerprint density at radius 2 is 1.62 bits per heavy atom. The third-order valence-electron chi connectivity index (χ3n) is 3.46. The van der Waals surface area contributed by atoms with Crippen molar-refractivity contribution >= 4 is 17.3 Å². The lowest BCUT2D eigenvalue weighted by Crippen LogP contribution is -2.36. The minimum Gasteiger partial charge on any atom is -0.280 e. The first-order valence-electron chi connectivity index (χ1n) is 7.27. The molecular formula is C19H23NO. The van der Waals surface area contributed by atoms with Gasteiger partial charge < -0.3 is 0 Å². The Labute approximate surface area is 127 Å². The molecule has 0 aliphatic rings. The van der Waals surface area contributed by atoms with Crippen molar-refractivity contribution in [1.29, 1.82) is 0 Å². The molecule has 0 saturated heterocycles. The molecule has 2 aromatic carbocycles. The van der Waals surface area contributed by atoms with Crippen LogP contribution in [0.4, 0.5) is 11.4 Å². The summed E-state index contributed by atoms with van der Waals surface area (Å²) in [6, 6.07) is 16.1. The minimum atomic E-state index is -0.438. The molecule has 0 fully saturated rings. The molecule has 0 aliphatic carbocycles. The Morgan fingerprint density at radius 1 is 0.952 bits per heavy atom. The van der Waals surface area contributed by atoms with Gasteiger partial charge in [0, 0.05) is 11.1 Å². The molecular weight excluding hydrogens is 258 g/mol. The molecule has 0 radical (unpaired) electrons. The lowest BCUT2D eigenvalue weighted by molar-refractivity contribution is -0.125. The summed E-state index contributed by atoms with van der Waals surface area (Å²) in [5.41, 5.74) is 3.67. The summed E-state index contributed by atoms with van der Waals surface area (Å²) in [6.45, 7) is 9.94. The number of anilines is 2. The number of amides is 1. The number of benzene rings is 2. The molecule has 2 aromatic rings. The van der Waals surface area contributed by atoms with Gasteiger partial charge in [-0.2, -0.15) is 0 Å². The van der Waals surface area contributed by atoms with Gasteiger partial charge >= 0.3 is 0 Å². The van der Waals surface area contributed by atoms with Crippen molar-refractivity contribution in [3.8, 4) is 0 Å². The second kappa shape index (κ2) is 5.72. The molecule has 0 spiro atoms. The van der Waals surface area contributed by atoms with E-state index in [1.165, 1.54) is 0 Å². The first kappa shape index (κ1) is 15.3. The molecule has 0 saturated carbocycles. The maximum Gasteiger partial charge on any atom is 0.236 e. The zero-order valence-corrected chi connectivity index (χ0v) is 13.5. The fraction of sp³-hybridized carbons (Fsp3) is 0.316. The number of nitrogens with zero attached hydrogens (tertiary/aromatic N) is 1. The fourth-order valence-corrected chi connectivity index (χ4v) is 2.28. The van der Waals surface area contributed by atoms with E-state index in [-0.39, 0.29) is 5.91 Å². The molecule has 0 aromatic heterocycles. The van der Waals surface area contributed by atoms with Crippen molar-refractivity contribution in [3.63, 3.8) is 0 Å². The highest BCUT2D eigenvalue weighted by Gasteiger charge is 2.30. The van der Waals surface area contributed by atoms with Gasteiger partial charge in [-0.25, -0.2) is 0 Å². The van der Waals surface area contributed by atoms with Gasteiger partial charge in [-0.15, -0.1) is 0 Å². The molecule has 1 amide bonds. The molecule has 2 heteroatoms. The first-order valence-corrected chi connectivity index (χ1v) is 7.27. The van der Waals surface area contributed by atoms with E-state index in [2.05, 4.69) is 6.07 Å². The van der Waals surface area contributed by atoms with Gasteiger partial charge in [-0.1, -0.05) is 51.1 Å². The maximum absolute atomic E-state index is 13.0. The molecule has 0 atom stereocenters. The van der Waals surface area contributed by atoms with Crippen molar-refractivity contribution in [2.45, 2.75) is 34.6 Å². The van der Waals surface area contributed by atoms with Gasteiger partial charge in [0.05, 0.1) is 5.69 Å². The van der Waals surface area contributed by atoms with Crippen molar-refractivity contribution < 1.29 is 4.79 Å². The van der Waals surface area contributed by atoms with Gasteiger partial charge in [0.15, 0.2) is 0 Å². The monoisotopic (exact) mass is 281 g/mol. The topological polar surface area (TPSA) is 20.3 Å². The number of aryl methyl sites for hydroxylation is 2. The van der Waals surface area contributed by atoms with Gasteiger partial charge in [0.25, 0.3) is 0 Å². The van der Waals surface area contributed by atoms with E-state index in [9.17, 15) is 4.79 Å². The summed E-state index contributed by atoms with van der Waals surface area (Å²) < 4.78 is 0.